The third kappa shape index (κ3) is 5.80. The highest BCUT2D eigenvalue weighted by Crippen LogP contribution is 2.46. The molecular formula is C40H46N4O6. The number of carbonyl (C=O) groups excluding carboxylic acids is 2. The Hall–Kier alpha value is -5.12. The van der Waals surface area contributed by atoms with E-state index < -0.39 is 11.9 Å². The zero-order valence-corrected chi connectivity index (χ0v) is 30.1. The zero-order valence-electron chi connectivity index (χ0n) is 30.1. The van der Waals surface area contributed by atoms with Crippen molar-refractivity contribution in [1.29, 1.82) is 0 Å². The predicted molar refractivity (Wildman–Crippen MR) is 196 cm³/mol. The van der Waals surface area contributed by atoms with Gasteiger partial charge in [-0.3, -0.25) is 14.6 Å². The van der Waals surface area contributed by atoms with Gasteiger partial charge in [-0.15, -0.1) is 0 Å². The number of carbonyl (C=O) groups is 2. The van der Waals surface area contributed by atoms with E-state index in [1.807, 2.05) is 52.0 Å². The van der Waals surface area contributed by atoms with Crippen molar-refractivity contribution in [2.75, 3.05) is 13.7 Å². The van der Waals surface area contributed by atoms with Crippen molar-refractivity contribution < 1.29 is 29.3 Å². The molecule has 3 aromatic heterocycles. The summed E-state index contributed by atoms with van der Waals surface area (Å²) in [6.45, 7) is 14.3. The first kappa shape index (κ1) is 34.7. The highest BCUT2D eigenvalue weighted by atomic mass is 16.5. The van der Waals surface area contributed by atoms with Crippen molar-refractivity contribution in [2.24, 2.45) is 0 Å². The van der Waals surface area contributed by atoms with Gasteiger partial charge in [0, 0.05) is 51.0 Å². The normalized spacial score (nSPS) is 19.0. The second-order valence-electron chi connectivity index (χ2n) is 13.5. The summed E-state index contributed by atoms with van der Waals surface area (Å²) in [4.78, 5) is 43.6. The van der Waals surface area contributed by atoms with Gasteiger partial charge in [-0.05, 0) is 93.5 Å². The lowest BCUT2D eigenvalue weighted by molar-refractivity contribution is -0.143. The molecule has 0 unspecified atom stereocenters. The molecule has 50 heavy (non-hydrogen) atoms. The standard InChI is InChI=1S/C40H46N4O6/c1-9-19(3)13-14-50-33(46)12-11-25-21(5)29-15-27-22(6)26(18-45)32(42-27)16-28-20(4)24(10-2)31(41-28)17-30-23(7)34-38(44-30)35(37(25)43-29)36(39(34)47)40(48)49-8/h13,15-18,21,25,36,42,44-45,47H,9-12,14H2,1-8H3/b19-13+,26-18?,29-15?,31-17?,32-16?/t21-,25-,36+/m0/s1. The number of hydrogen-bond donors (Lipinski definition) is 4. The van der Waals surface area contributed by atoms with Crippen LogP contribution < -0.4 is 10.4 Å². The number of allylic oxidation sites excluding steroid dienone is 3. The van der Waals surface area contributed by atoms with E-state index in [0.29, 0.717) is 33.6 Å². The minimum absolute atomic E-state index is 0.0928. The molecule has 6 rings (SSSR count). The van der Waals surface area contributed by atoms with Gasteiger partial charge in [0.1, 0.15) is 18.3 Å². The van der Waals surface area contributed by atoms with Gasteiger partial charge in [-0.25, -0.2) is 4.98 Å². The van der Waals surface area contributed by atoms with E-state index in [4.69, 9.17) is 19.4 Å². The SMILES string of the molecule is CCC1=C(C)c2cc3[nH]c(cc4nc(c5c6[nH]c(cc1n2)c(C)c6=C(O)[C@@H]5C(=O)OC)[C@@H](CCC(=O)OC/C=C(\C)CC)[C@@H]4C)c(C)c3=CO. The highest BCUT2D eigenvalue weighted by molar-refractivity contribution is 5.97. The fourth-order valence-corrected chi connectivity index (χ4v) is 7.51. The average Bonchev–Trinajstić information content (AvgIpc) is 3.84. The summed E-state index contributed by atoms with van der Waals surface area (Å²) in [5.41, 5.74) is 11.2. The number of aromatic amines is 2. The summed E-state index contributed by atoms with van der Waals surface area (Å²) in [5.74, 6) is -2.54. The van der Waals surface area contributed by atoms with Gasteiger partial charge in [0.05, 0.1) is 41.5 Å². The van der Waals surface area contributed by atoms with Crippen LogP contribution in [0.5, 0.6) is 0 Å². The number of aromatic nitrogens is 4. The number of fused-ring (bicyclic) bond motifs is 8. The van der Waals surface area contributed by atoms with Gasteiger partial charge < -0.3 is 29.7 Å². The Morgan fingerprint density at radius 3 is 2.40 bits per heavy atom. The molecule has 0 saturated heterocycles. The molecule has 0 spiro atoms. The van der Waals surface area contributed by atoms with Gasteiger partial charge >= 0.3 is 11.9 Å². The van der Waals surface area contributed by atoms with E-state index in [1.165, 1.54) is 7.11 Å². The van der Waals surface area contributed by atoms with Gasteiger partial charge in [0.25, 0.3) is 0 Å². The number of aryl methyl sites for hydroxylation is 2. The third-order valence-corrected chi connectivity index (χ3v) is 10.7. The van der Waals surface area contributed by atoms with Crippen LogP contribution in [0.25, 0.3) is 45.2 Å². The van der Waals surface area contributed by atoms with Crippen LogP contribution in [-0.2, 0) is 19.1 Å². The Bertz CT molecular complexity index is 2270. The number of methoxy groups -OCH3 is 1. The van der Waals surface area contributed by atoms with Crippen LogP contribution in [0.4, 0.5) is 0 Å². The summed E-state index contributed by atoms with van der Waals surface area (Å²) < 4.78 is 10.8. The first-order chi connectivity index (χ1) is 23.9. The molecule has 0 saturated carbocycles. The number of nitrogens with one attached hydrogen (secondary N) is 2. The number of H-pyrrole nitrogens is 2. The number of rotatable bonds is 8. The van der Waals surface area contributed by atoms with Gasteiger partial charge in [0.15, 0.2) is 0 Å². The van der Waals surface area contributed by atoms with Crippen molar-refractivity contribution in [3.05, 3.63) is 79.8 Å². The van der Waals surface area contributed by atoms with Crippen LogP contribution in [0.15, 0.2) is 29.8 Å². The molecule has 2 aliphatic heterocycles. The van der Waals surface area contributed by atoms with E-state index in [9.17, 15) is 19.8 Å². The van der Waals surface area contributed by atoms with Crippen LogP contribution in [0.3, 0.4) is 0 Å². The molecule has 3 aromatic rings. The lowest BCUT2D eigenvalue weighted by Gasteiger charge is -2.19. The Morgan fingerprint density at radius 2 is 1.72 bits per heavy atom. The van der Waals surface area contributed by atoms with E-state index in [2.05, 4.69) is 30.7 Å². The lowest BCUT2D eigenvalue weighted by Crippen LogP contribution is -2.18. The van der Waals surface area contributed by atoms with Crippen LogP contribution in [0.1, 0.15) is 118 Å². The quantitative estimate of drug-likeness (QED) is 0.146. The topological polar surface area (TPSA) is 150 Å². The second-order valence-corrected chi connectivity index (χ2v) is 13.5. The summed E-state index contributed by atoms with van der Waals surface area (Å²) in [6, 6.07) is 5.91. The molecule has 10 nitrogen and oxygen atoms in total. The number of nitrogens with zero attached hydrogens (tertiary/aromatic N) is 2. The van der Waals surface area contributed by atoms with Crippen molar-refractivity contribution in [3.63, 3.8) is 0 Å². The van der Waals surface area contributed by atoms with Crippen molar-refractivity contribution in [1.82, 2.24) is 19.9 Å². The molecule has 262 valence electrons. The minimum Gasteiger partial charge on any atom is -0.515 e. The van der Waals surface area contributed by atoms with Crippen LogP contribution in [-0.4, -0.2) is 55.8 Å². The zero-order chi connectivity index (χ0) is 36.0. The van der Waals surface area contributed by atoms with E-state index in [-0.39, 0.29) is 36.6 Å². The fraction of sp³-hybridized carbons (Fsp3) is 0.400. The summed E-state index contributed by atoms with van der Waals surface area (Å²) in [6.07, 6.45) is 5.22. The molecule has 10 heteroatoms. The molecule has 0 radical (unpaired) electrons. The van der Waals surface area contributed by atoms with E-state index in [1.54, 1.807) is 0 Å². The Balaban J connectivity index is 1.66. The van der Waals surface area contributed by atoms with Crippen LogP contribution in [0, 0.1) is 13.8 Å². The van der Waals surface area contributed by atoms with E-state index in [0.717, 1.165) is 80.6 Å². The Kier molecular flexibility index (Phi) is 9.48. The Labute approximate surface area is 291 Å². The molecule has 3 aliphatic rings. The Morgan fingerprint density at radius 1 is 1.00 bits per heavy atom. The first-order valence-electron chi connectivity index (χ1n) is 17.3. The monoisotopic (exact) mass is 678 g/mol. The molecule has 1 aliphatic carbocycles. The molecule has 8 bridgehead atoms. The molecule has 4 N–H and O–H groups in total. The summed E-state index contributed by atoms with van der Waals surface area (Å²) >= 11 is 0. The first-order valence-corrected chi connectivity index (χ1v) is 17.3. The number of aliphatic hydroxyl groups excluding tert-OH is 2. The second kappa shape index (κ2) is 13.7. The molecular weight excluding hydrogens is 632 g/mol. The maximum atomic E-state index is 13.4. The van der Waals surface area contributed by atoms with Crippen molar-refractivity contribution in [2.45, 2.75) is 91.9 Å². The predicted octanol–water partition coefficient (Wildman–Crippen LogP) is 7.07. The number of ether oxygens (including phenoxy) is 2. The van der Waals surface area contributed by atoms with Gasteiger partial charge in [-0.2, -0.15) is 0 Å². The van der Waals surface area contributed by atoms with Crippen LogP contribution >= 0.6 is 0 Å². The van der Waals surface area contributed by atoms with Gasteiger partial charge in [-0.1, -0.05) is 26.3 Å². The number of hydrogen-bond acceptors (Lipinski definition) is 8. The van der Waals surface area contributed by atoms with Gasteiger partial charge in [0.2, 0.25) is 0 Å². The lowest BCUT2D eigenvalue weighted by atomic mass is 9.84. The van der Waals surface area contributed by atoms with Crippen molar-refractivity contribution in [3.8, 4) is 0 Å². The largest absolute Gasteiger partial charge is 0.515 e. The molecule has 5 heterocycles. The van der Waals surface area contributed by atoms with Crippen molar-refractivity contribution >= 4 is 57.2 Å². The number of aliphatic hydroxyl groups is 2. The average molecular weight is 679 g/mol. The molecule has 3 atom stereocenters. The number of esters is 2. The fourth-order valence-electron chi connectivity index (χ4n) is 7.51. The smallest absolute Gasteiger partial charge is 0.321 e. The minimum atomic E-state index is -1.09. The summed E-state index contributed by atoms with van der Waals surface area (Å²) in [7, 11) is 1.31. The van der Waals surface area contributed by atoms with E-state index >= 15 is 0 Å². The maximum Gasteiger partial charge on any atom is 0.321 e. The maximum absolute atomic E-state index is 13.4. The molecule has 0 fully saturated rings. The van der Waals surface area contributed by atoms with Crippen LogP contribution in [0.2, 0.25) is 0 Å². The molecule has 0 aromatic carbocycles. The molecule has 0 amide bonds. The summed E-state index contributed by atoms with van der Waals surface area (Å²) in [5, 5.41) is 23.3. The highest BCUT2D eigenvalue weighted by Gasteiger charge is 2.41. The third-order valence-electron chi connectivity index (χ3n) is 10.7.